The highest BCUT2D eigenvalue weighted by atomic mass is 32.1. The molecule has 1 aliphatic rings. The molecule has 2 aromatic heterocycles. The zero-order chi connectivity index (χ0) is 22.1. The molecule has 0 radical (unpaired) electrons. The summed E-state index contributed by atoms with van der Waals surface area (Å²) in [5, 5.41) is 10.8. The monoisotopic (exact) mass is 449 g/mol. The second-order valence-electron chi connectivity index (χ2n) is 7.93. The van der Waals surface area contributed by atoms with Gasteiger partial charge in [0.05, 0.1) is 15.8 Å². The Morgan fingerprint density at radius 3 is 2.58 bits per heavy atom. The van der Waals surface area contributed by atoms with Crippen molar-refractivity contribution in [2.45, 2.75) is 39.0 Å². The molecular weight excluding hydrogens is 427 g/mol. The number of carbonyl (C=O) groups is 1. The molecule has 0 spiro atoms. The number of hydrogen-bond donors (Lipinski definition) is 1. The second-order valence-corrected chi connectivity index (χ2v) is 8.81. The number of anilines is 1. The molecule has 1 aromatic carbocycles. The van der Waals surface area contributed by atoms with Crippen LogP contribution in [0.15, 0.2) is 17.5 Å². The minimum atomic E-state index is -1.25. The van der Waals surface area contributed by atoms with Gasteiger partial charge in [-0.05, 0) is 55.5 Å². The van der Waals surface area contributed by atoms with Gasteiger partial charge in [0.15, 0.2) is 23.3 Å². The predicted molar refractivity (Wildman–Crippen MR) is 114 cm³/mol. The van der Waals surface area contributed by atoms with Gasteiger partial charge >= 0.3 is 5.97 Å². The van der Waals surface area contributed by atoms with Crippen molar-refractivity contribution in [1.82, 2.24) is 9.97 Å². The van der Waals surface area contributed by atoms with Crippen LogP contribution in [0.2, 0.25) is 0 Å². The van der Waals surface area contributed by atoms with E-state index >= 15 is 0 Å². The lowest BCUT2D eigenvalue weighted by molar-refractivity contribution is -0.137. The molecule has 9 heteroatoms. The van der Waals surface area contributed by atoms with Crippen molar-refractivity contribution in [3.05, 3.63) is 40.5 Å². The van der Waals surface area contributed by atoms with Crippen molar-refractivity contribution in [3.63, 3.8) is 0 Å². The van der Waals surface area contributed by atoms with Crippen molar-refractivity contribution >= 4 is 33.3 Å². The summed E-state index contributed by atoms with van der Waals surface area (Å²) in [6.45, 7) is 3.37. The molecule has 1 N–H and O–H groups in total. The molecule has 0 atom stereocenters. The third-order valence-electron chi connectivity index (χ3n) is 5.74. The first kappa shape index (κ1) is 21.5. The summed E-state index contributed by atoms with van der Waals surface area (Å²) in [4.78, 5) is 21.9. The first-order chi connectivity index (χ1) is 14.8. The van der Waals surface area contributed by atoms with Crippen molar-refractivity contribution in [1.29, 1.82) is 0 Å². The van der Waals surface area contributed by atoms with Gasteiger partial charge in [0.1, 0.15) is 5.82 Å². The lowest BCUT2D eigenvalue weighted by atomic mass is 9.91. The Balaban J connectivity index is 1.63. The minimum Gasteiger partial charge on any atom is -0.481 e. The highest BCUT2D eigenvalue weighted by Gasteiger charge is 2.25. The maximum absolute atomic E-state index is 14.4. The molecular formula is C22H22F3N3O2S. The molecule has 0 saturated carbocycles. The maximum atomic E-state index is 14.4. The molecule has 1 aliphatic heterocycles. The van der Waals surface area contributed by atoms with Crippen LogP contribution in [0.1, 0.15) is 37.7 Å². The van der Waals surface area contributed by atoms with Crippen molar-refractivity contribution in [2.75, 3.05) is 18.0 Å². The number of aromatic nitrogens is 2. The summed E-state index contributed by atoms with van der Waals surface area (Å²) in [7, 11) is 0. The molecule has 0 aliphatic carbocycles. The number of benzene rings is 1. The second kappa shape index (κ2) is 8.82. The van der Waals surface area contributed by atoms with E-state index in [-0.39, 0.29) is 17.8 Å². The van der Waals surface area contributed by atoms with Gasteiger partial charge in [0.2, 0.25) is 0 Å². The summed E-state index contributed by atoms with van der Waals surface area (Å²) < 4.78 is 42.5. The lowest BCUT2D eigenvalue weighted by Gasteiger charge is -2.33. The van der Waals surface area contributed by atoms with Crippen LogP contribution in [0, 0.1) is 30.3 Å². The van der Waals surface area contributed by atoms with E-state index in [0.29, 0.717) is 29.7 Å². The van der Waals surface area contributed by atoms with Crippen LogP contribution in [0.5, 0.6) is 0 Å². The fraction of sp³-hybridized carbons (Fsp3) is 0.409. The van der Waals surface area contributed by atoms with Gasteiger partial charge in [-0.15, -0.1) is 11.3 Å². The van der Waals surface area contributed by atoms with Crippen LogP contribution in [0.25, 0.3) is 21.6 Å². The highest BCUT2D eigenvalue weighted by molar-refractivity contribution is 7.18. The molecule has 164 valence electrons. The minimum absolute atomic E-state index is 0.0315. The summed E-state index contributed by atoms with van der Waals surface area (Å²) in [5.74, 6) is -2.92. The van der Waals surface area contributed by atoms with Gasteiger partial charge in [0, 0.05) is 25.6 Å². The number of rotatable bonds is 6. The van der Waals surface area contributed by atoms with E-state index in [0.717, 1.165) is 48.7 Å². The third-order valence-corrected chi connectivity index (χ3v) is 6.83. The molecule has 1 saturated heterocycles. The molecule has 4 rings (SSSR count). The van der Waals surface area contributed by atoms with Crippen molar-refractivity contribution < 1.29 is 23.1 Å². The molecule has 1 fully saturated rings. The molecule has 0 bridgehead atoms. The molecule has 31 heavy (non-hydrogen) atoms. The van der Waals surface area contributed by atoms with Crippen LogP contribution in [-0.4, -0.2) is 34.1 Å². The fourth-order valence-corrected chi connectivity index (χ4v) is 5.03. The van der Waals surface area contributed by atoms with Gasteiger partial charge in [-0.2, -0.15) is 0 Å². The van der Waals surface area contributed by atoms with E-state index < -0.39 is 23.4 Å². The summed E-state index contributed by atoms with van der Waals surface area (Å²) in [5.41, 5.74) is 1.42. The van der Waals surface area contributed by atoms with E-state index in [9.17, 15) is 18.0 Å². The van der Waals surface area contributed by atoms with Gasteiger partial charge in [0.25, 0.3) is 0 Å². The number of carboxylic acids is 1. The standard InChI is InChI=1S/C22H22F3N3O2S/c1-12-11-31-20-19(12)26-21(14-9-16(24)17(25)10-15(14)23)27-22(20)28-7-5-13(6-8-28)3-2-4-18(29)30/h9-11,13H,2-8H2,1H3,(H,29,30). The SMILES string of the molecule is Cc1csc2c(N3CCC(CCCC(=O)O)CC3)nc(-c3cc(F)c(F)cc3F)nc12. The van der Waals surface area contributed by atoms with Gasteiger partial charge in [-0.3, -0.25) is 4.79 Å². The number of thiophene rings is 1. The van der Waals surface area contributed by atoms with Crippen LogP contribution in [-0.2, 0) is 4.79 Å². The van der Waals surface area contributed by atoms with Crippen LogP contribution >= 0.6 is 11.3 Å². The number of fused-ring (bicyclic) bond motifs is 1. The van der Waals surface area contributed by atoms with Gasteiger partial charge < -0.3 is 10.0 Å². The summed E-state index contributed by atoms with van der Waals surface area (Å²) in [6, 6.07) is 1.31. The number of carboxylic acid groups (broad SMARTS) is 1. The lowest BCUT2D eigenvalue weighted by Crippen LogP contribution is -2.34. The van der Waals surface area contributed by atoms with Crippen LogP contribution in [0.4, 0.5) is 19.0 Å². The Bertz CT molecular complexity index is 1130. The Morgan fingerprint density at radius 1 is 1.16 bits per heavy atom. The van der Waals surface area contributed by atoms with E-state index in [4.69, 9.17) is 5.11 Å². The third kappa shape index (κ3) is 4.51. The summed E-state index contributed by atoms with van der Waals surface area (Å²) in [6.07, 6.45) is 3.54. The normalized spacial score (nSPS) is 15.0. The molecule has 0 unspecified atom stereocenters. The molecule has 5 nitrogen and oxygen atoms in total. The van der Waals surface area contributed by atoms with Gasteiger partial charge in [-0.1, -0.05) is 0 Å². The average Bonchev–Trinajstić information content (AvgIpc) is 3.11. The van der Waals surface area contributed by atoms with Crippen molar-refractivity contribution in [2.24, 2.45) is 5.92 Å². The largest absolute Gasteiger partial charge is 0.481 e. The Labute approximate surface area is 181 Å². The molecule has 3 aromatic rings. The number of aliphatic carboxylic acids is 1. The van der Waals surface area contributed by atoms with Crippen molar-refractivity contribution in [3.8, 4) is 11.4 Å². The Hall–Kier alpha value is -2.68. The van der Waals surface area contributed by atoms with E-state index in [2.05, 4.69) is 14.9 Å². The van der Waals surface area contributed by atoms with E-state index in [1.165, 1.54) is 11.3 Å². The Kier molecular flexibility index (Phi) is 6.13. The van der Waals surface area contributed by atoms with E-state index in [1.54, 1.807) is 0 Å². The number of piperidine rings is 1. The first-order valence-corrected chi connectivity index (χ1v) is 11.1. The van der Waals surface area contributed by atoms with Crippen LogP contribution in [0.3, 0.4) is 0 Å². The number of halogens is 3. The Morgan fingerprint density at radius 2 is 1.87 bits per heavy atom. The maximum Gasteiger partial charge on any atom is 0.303 e. The van der Waals surface area contributed by atoms with Gasteiger partial charge in [-0.25, -0.2) is 23.1 Å². The zero-order valence-corrected chi connectivity index (χ0v) is 17.8. The molecule has 3 heterocycles. The number of aryl methyl sites for hydroxylation is 1. The fourth-order valence-electron chi connectivity index (χ4n) is 4.02. The first-order valence-electron chi connectivity index (χ1n) is 10.2. The predicted octanol–water partition coefficient (Wildman–Crippen LogP) is 5.56. The highest BCUT2D eigenvalue weighted by Crippen LogP contribution is 2.36. The topological polar surface area (TPSA) is 66.3 Å². The van der Waals surface area contributed by atoms with Crippen LogP contribution < -0.4 is 4.90 Å². The summed E-state index contributed by atoms with van der Waals surface area (Å²) >= 11 is 1.51. The smallest absolute Gasteiger partial charge is 0.303 e. The number of hydrogen-bond acceptors (Lipinski definition) is 5. The van der Waals surface area contributed by atoms with E-state index in [1.807, 2.05) is 12.3 Å². The number of nitrogens with zero attached hydrogens (tertiary/aromatic N) is 3. The molecule has 0 amide bonds. The quantitative estimate of drug-likeness (QED) is 0.500. The zero-order valence-electron chi connectivity index (χ0n) is 17.0. The average molecular weight is 449 g/mol.